The number of imidazole rings is 1. The van der Waals surface area contributed by atoms with E-state index < -0.39 is 0 Å². The number of nitrogens with one attached hydrogen (secondary N) is 2. The molecule has 1 fully saturated rings. The highest BCUT2D eigenvalue weighted by atomic mass is 15.3. The first-order valence-electron chi connectivity index (χ1n) is 12.3. The summed E-state index contributed by atoms with van der Waals surface area (Å²) in [6.07, 6.45) is 7.64. The summed E-state index contributed by atoms with van der Waals surface area (Å²) in [6.45, 7) is 6.97. The lowest BCUT2D eigenvalue weighted by Gasteiger charge is -2.33. The summed E-state index contributed by atoms with van der Waals surface area (Å²) in [5, 5.41) is 8.90. The molecule has 36 heavy (non-hydrogen) atoms. The molecule has 0 spiro atoms. The quantitative estimate of drug-likeness (QED) is 0.396. The Balaban J connectivity index is 1.42. The topological polar surface area (TPSA) is 92.9 Å². The van der Waals surface area contributed by atoms with Gasteiger partial charge in [-0.1, -0.05) is 0 Å². The van der Waals surface area contributed by atoms with Crippen LogP contribution in [-0.4, -0.2) is 87.3 Å². The van der Waals surface area contributed by atoms with E-state index in [0.29, 0.717) is 0 Å². The summed E-state index contributed by atoms with van der Waals surface area (Å²) >= 11 is 0. The van der Waals surface area contributed by atoms with Gasteiger partial charge in [0.25, 0.3) is 0 Å². The number of anilines is 1. The smallest absolute Gasteiger partial charge is 0.159 e. The first-order valence-corrected chi connectivity index (χ1v) is 12.3. The number of likely N-dealkylation sites (N-methyl/N-ethyl adjacent to an activating group) is 1. The van der Waals surface area contributed by atoms with Gasteiger partial charge in [0.1, 0.15) is 11.2 Å². The van der Waals surface area contributed by atoms with Gasteiger partial charge < -0.3 is 19.7 Å². The molecule has 4 aromatic heterocycles. The lowest BCUT2D eigenvalue weighted by Crippen LogP contribution is -2.44. The Kier molecular flexibility index (Phi) is 5.66. The molecule has 0 aliphatic carbocycles. The number of pyridine rings is 2. The molecule has 9 nitrogen and oxygen atoms in total. The molecule has 9 heteroatoms. The average molecular weight is 482 g/mol. The zero-order chi connectivity index (χ0) is 24.8. The SMILES string of the molecule is Cc1cc2[nH]nc(-c3nc4c(N5CCN(C)CC5)cncc4[nH]3)c2cc1-c1cncc(CN(C)C)c1. The molecule has 5 aromatic rings. The van der Waals surface area contributed by atoms with Crippen molar-refractivity contribution in [2.75, 3.05) is 52.2 Å². The van der Waals surface area contributed by atoms with Gasteiger partial charge in [0.2, 0.25) is 0 Å². The number of benzene rings is 1. The number of hydrogen-bond donors (Lipinski definition) is 2. The monoisotopic (exact) mass is 481 g/mol. The van der Waals surface area contributed by atoms with Crippen LogP contribution in [0.4, 0.5) is 5.69 Å². The second-order valence-electron chi connectivity index (χ2n) is 10.0. The Morgan fingerprint density at radius 3 is 2.56 bits per heavy atom. The maximum absolute atomic E-state index is 5.02. The van der Waals surface area contributed by atoms with Crippen LogP contribution >= 0.6 is 0 Å². The number of hydrogen-bond acceptors (Lipinski definition) is 7. The zero-order valence-corrected chi connectivity index (χ0v) is 21.2. The predicted octanol–water partition coefficient (Wildman–Crippen LogP) is 3.69. The second-order valence-corrected chi connectivity index (χ2v) is 10.0. The maximum atomic E-state index is 5.02. The van der Waals surface area contributed by atoms with Crippen molar-refractivity contribution in [3.05, 3.63) is 54.1 Å². The Labute approximate surface area is 210 Å². The summed E-state index contributed by atoms with van der Waals surface area (Å²) < 4.78 is 0. The van der Waals surface area contributed by atoms with Crippen LogP contribution in [-0.2, 0) is 6.54 Å². The third-order valence-corrected chi connectivity index (χ3v) is 6.96. The van der Waals surface area contributed by atoms with Gasteiger partial charge >= 0.3 is 0 Å². The largest absolute Gasteiger partial charge is 0.366 e. The second kappa shape index (κ2) is 9.00. The fraction of sp³-hybridized carbons (Fsp3) is 0.333. The average Bonchev–Trinajstić information content (AvgIpc) is 3.47. The highest BCUT2D eigenvalue weighted by Crippen LogP contribution is 2.34. The standard InChI is InChI=1S/C27H31N9/c1-17-9-22-21(11-20(17)19-10-18(12-28-13-19)16-34(2)3)25(33-32-22)27-30-23-14-29-15-24(26(23)31-27)36-7-5-35(4)6-8-36/h9-15H,5-8,16H2,1-4H3,(H,30,31)(H,32,33). The first-order chi connectivity index (χ1) is 17.5. The summed E-state index contributed by atoms with van der Waals surface area (Å²) in [4.78, 5) is 24.4. The van der Waals surface area contributed by atoms with Crippen molar-refractivity contribution in [2.45, 2.75) is 13.5 Å². The third-order valence-electron chi connectivity index (χ3n) is 6.96. The van der Waals surface area contributed by atoms with Gasteiger partial charge in [-0.3, -0.25) is 15.1 Å². The number of aromatic amines is 2. The highest BCUT2D eigenvalue weighted by Gasteiger charge is 2.21. The van der Waals surface area contributed by atoms with E-state index in [2.05, 4.69) is 86.1 Å². The Hall–Kier alpha value is -3.82. The van der Waals surface area contributed by atoms with E-state index in [1.165, 1.54) is 11.1 Å². The predicted molar refractivity (Wildman–Crippen MR) is 144 cm³/mol. The van der Waals surface area contributed by atoms with E-state index >= 15 is 0 Å². The van der Waals surface area contributed by atoms with Crippen molar-refractivity contribution in [1.29, 1.82) is 0 Å². The summed E-state index contributed by atoms with van der Waals surface area (Å²) in [6, 6.07) is 6.57. The van der Waals surface area contributed by atoms with Crippen LogP contribution in [0.25, 0.3) is 44.6 Å². The van der Waals surface area contributed by atoms with Gasteiger partial charge in [-0.15, -0.1) is 0 Å². The van der Waals surface area contributed by atoms with Crippen LogP contribution in [0, 0.1) is 6.92 Å². The number of rotatable bonds is 5. The van der Waals surface area contributed by atoms with E-state index in [9.17, 15) is 0 Å². The fourth-order valence-corrected chi connectivity index (χ4v) is 5.06. The molecule has 0 saturated carbocycles. The Morgan fingerprint density at radius 1 is 0.944 bits per heavy atom. The molecule has 0 atom stereocenters. The molecule has 0 bridgehead atoms. The maximum Gasteiger partial charge on any atom is 0.159 e. The van der Waals surface area contributed by atoms with Crippen LogP contribution < -0.4 is 4.90 Å². The molecule has 184 valence electrons. The number of fused-ring (bicyclic) bond motifs is 2. The minimum atomic E-state index is 0.744. The van der Waals surface area contributed by atoms with Crippen molar-refractivity contribution in [3.63, 3.8) is 0 Å². The number of H-pyrrole nitrogens is 2. The van der Waals surface area contributed by atoms with Crippen LogP contribution in [0.3, 0.4) is 0 Å². The number of aryl methyl sites for hydroxylation is 1. The molecule has 0 amide bonds. The fourth-order valence-electron chi connectivity index (χ4n) is 5.06. The van der Waals surface area contributed by atoms with Gasteiger partial charge in [-0.05, 0) is 63.0 Å². The minimum absolute atomic E-state index is 0.744. The van der Waals surface area contributed by atoms with Crippen molar-refractivity contribution in [3.8, 4) is 22.6 Å². The molecule has 0 unspecified atom stereocenters. The molecule has 1 aliphatic heterocycles. The van der Waals surface area contributed by atoms with E-state index in [0.717, 1.165) is 83.0 Å². The Bertz CT molecular complexity index is 1540. The van der Waals surface area contributed by atoms with Crippen molar-refractivity contribution >= 4 is 27.6 Å². The molecular formula is C27H31N9. The molecule has 5 heterocycles. The first kappa shape index (κ1) is 22.6. The van der Waals surface area contributed by atoms with Crippen LogP contribution in [0.1, 0.15) is 11.1 Å². The summed E-state index contributed by atoms with van der Waals surface area (Å²) in [5.41, 5.74) is 9.34. The number of nitrogens with zero attached hydrogens (tertiary/aromatic N) is 7. The summed E-state index contributed by atoms with van der Waals surface area (Å²) in [7, 11) is 6.30. The molecule has 1 aliphatic rings. The lowest BCUT2D eigenvalue weighted by molar-refractivity contribution is 0.313. The zero-order valence-electron chi connectivity index (χ0n) is 21.2. The molecule has 1 saturated heterocycles. The normalized spacial score (nSPS) is 15.0. The molecule has 1 aromatic carbocycles. The number of aromatic nitrogens is 6. The number of piperazine rings is 1. The minimum Gasteiger partial charge on any atom is -0.366 e. The van der Waals surface area contributed by atoms with E-state index in [1.807, 2.05) is 24.8 Å². The van der Waals surface area contributed by atoms with Gasteiger partial charge in [0, 0.05) is 56.1 Å². The third kappa shape index (κ3) is 4.10. The van der Waals surface area contributed by atoms with E-state index in [-0.39, 0.29) is 0 Å². The lowest BCUT2D eigenvalue weighted by atomic mass is 9.98. The van der Waals surface area contributed by atoms with Crippen molar-refractivity contribution in [1.82, 2.24) is 39.9 Å². The van der Waals surface area contributed by atoms with E-state index in [1.54, 1.807) is 0 Å². The van der Waals surface area contributed by atoms with Crippen LogP contribution in [0.2, 0.25) is 0 Å². The van der Waals surface area contributed by atoms with Crippen LogP contribution in [0.15, 0.2) is 43.0 Å². The molecule has 0 radical (unpaired) electrons. The van der Waals surface area contributed by atoms with E-state index in [4.69, 9.17) is 4.98 Å². The summed E-state index contributed by atoms with van der Waals surface area (Å²) in [5.74, 6) is 0.744. The molecule has 2 N–H and O–H groups in total. The van der Waals surface area contributed by atoms with Crippen LogP contribution in [0.5, 0.6) is 0 Å². The van der Waals surface area contributed by atoms with Crippen molar-refractivity contribution in [2.24, 2.45) is 0 Å². The van der Waals surface area contributed by atoms with Gasteiger partial charge in [-0.25, -0.2) is 4.98 Å². The van der Waals surface area contributed by atoms with Gasteiger partial charge in [-0.2, -0.15) is 5.10 Å². The Morgan fingerprint density at radius 2 is 1.75 bits per heavy atom. The molecule has 6 rings (SSSR count). The highest BCUT2D eigenvalue weighted by molar-refractivity contribution is 5.98. The van der Waals surface area contributed by atoms with Gasteiger partial charge in [0.05, 0.1) is 29.1 Å². The molecular weight excluding hydrogens is 450 g/mol. The van der Waals surface area contributed by atoms with Gasteiger partial charge in [0.15, 0.2) is 5.82 Å². The van der Waals surface area contributed by atoms with Crippen molar-refractivity contribution < 1.29 is 0 Å².